The van der Waals surface area contributed by atoms with Crippen molar-refractivity contribution in [3.8, 4) is 0 Å². The average Bonchev–Trinajstić information content (AvgIpc) is 3.27. The standard InChI is InChI=1S/C24H30N4O3S2/c1-15-8-11-27(12-9-15)14-20-16(2)25-24(33-20)26-21(29)19(10-13-32-3)28-22(30)17-6-4-5-7-18(17)23(28)31/h4-7,15,19H,8-14H2,1-3H3,(H,25,26,29). The van der Waals surface area contributed by atoms with E-state index in [1.165, 1.54) is 24.2 Å². The Morgan fingerprint density at radius 1 is 1.21 bits per heavy atom. The lowest BCUT2D eigenvalue weighted by Crippen LogP contribution is -2.47. The van der Waals surface area contributed by atoms with Gasteiger partial charge in [-0.1, -0.05) is 19.1 Å². The molecule has 0 saturated carbocycles. The molecule has 3 heterocycles. The van der Waals surface area contributed by atoms with Crippen LogP contribution in [0, 0.1) is 12.8 Å². The molecule has 1 fully saturated rings. The summed E-state index contributed by atoms with van der Waals surface area (Å²) in [5.74, 6) is 0.241. The van der Waals surface area contributed by atoms with Gasteiger partial charge < -0.3 is 5.32 Å². The van der Waals surface area contributed by atoms with Crippen LogP contribution in [-0.4, -0.2) is 63.6 Å². The maximum Gasteiger partial charge on any atom is 0.262 e. The summed E-state index contributed by atoms with van der Waals surface area (Å²) >= 11 is 3.05. The summed E-state index contributed by atoms with van der Waals surface area (Å²) in [6.07, 6.45) is 4.74. The van der Waals surface area contributed by atoms with Gasteiger partial charge in [-0.2, -0.15) is 11.8 Å². The van der Waals surface area contributed by atoms with Crippen LogP contribution in [0.5, 0.6) is 0 Å². The molecule has 1 unspecified atom stereocenters. The van der Waals surface area contributed by atoms with E-state index in [1.54, 1.807) is 36.0 Å². The summed E-state index contributed by atoms with van der Waals surface area (Å²) in [5.41, 5.74) is 1.62. The summed E-state index contributed by atoms with van der Waals surface area (Å²) in [4.78, 5) is 48.5. The van der Waals surface area contributed by atoms with Crippen LogP contribution in [0.1, 0.15) is 57.5 Å². The second-order valence-corrected chi connectivity index (χ2v) is 10.9. The van der Waals surface area contributed by atoms with E-state index < -0.39 is 17.9 Å². The van der Waals surface area contributed by atoms with Gasteiger partial charge in [0, 0.05) is 11.4 Å². The molecule has 3 amide bonds. The van der Waals surface area contributed by atoms with Crippen LogP contribution in [0.2, 0.25) is 0 Å². The molecule has 1 atom stereocenters. The van der Waals surface area contributed by atoms with Crippen molar-refractivity contribution in [1.29, 1.82) is 0 Å². The molecule has 1 saturated heterocycles. The van der Waals surface area contributed by atoms with Crippen LogP contribution in [-0.2, 0) is 11.3 Å². The minimum absolute atomic E-state index is 0.354. The molecule has 33 heavy (non-hydrogen) atoms. The Kier molecular flexibility index (Phi) is 7.51. The predicted octanol–water partition coefficient (Wildman–Crippen LogP) is 4.04. The topological polar surface area (TPSA) is 82.6 Å². The normalized spacial score (nSPS) is 18.0. The minimum atomic E-state index is -0.874. The van der Waals surface area contributed by atoms with E-state index in [-0.39, 0.29) is 5.91 Å². The third kappa shape index (κ3) is 5.15. The number of hydrogen-bond acceptors (Lipinski definition) is 7. The van der Waals surface area contributed by atoms with Crippen molar-refractivity contribution in [2.24, 2.45) is 5.92 Å². The van der Waals surface area contributed by atoms with Gasteiger partial charge in [0.05, 0.1) is 16.8 Å². The van der Waals surface area contributed by atoms with Crippen LogP contribution in [0.4, 0.5) is 5.13 Å². The number of rotatable bonds is 8. The zero-order valence-corrected chi connectivity index (χ0v) is 20.9. The largest absolute Gasteiger partial charge is 0.300 e. The van der Waals surface area contributed by atoms with Crippen LogP contribution >= 0.6 is 23.1 Å². The van der Waals surface area contributed by atoms with Gasteiger partial charge in [-0.15, -0.1) is 11.3 Å². The number of aryl methyl sites for hydroxylation is 1. The first-order valence-corrected chi connectivity index (χ1v) is 13.6. The van der Waals surface area contributed by atoms with Crippen molar-refractivity contribution < 1.29 is 14.4 Å². The Hall–Kier alpha value is -2.23. The van der Waals surface area contributed by atoms with Crippen LogP contribution < -0.4 is 5.32 Å². The highest BCUT2D eigenvalue weighted by atomic mass is 32.2. The second-order valence-electron chi connectivity index (χ2n) is 8.80. The summed E-state index contributed by atoms with van der Waals surface area (Å²) < 4.78 is 0. The van der Waals surface area contributed by atoms with Crippen molar-refractivity contribution >= 4 is 46.0 Å². The first-order valence-electron chi connectivity index (χ1n) is 11.3. The molecular formula is C24H30N4O3S2. The molecule has 0 radical (unpaired) electrons. The number of aromatic nitrogens is 1. The number of amides is 3. The number of thioether (sulfide) groups is 1. The first kappa shape index (κ1) is 23.9. The third-order valence-electron chi connectivity index (χ3n) is 6.40. The molecule has 7 nitrogen and oxygen atoms in total. The van der Waals surface area contributed by atoms with Gasteiger partial charge in [0.15, 0.2) is 5.13 Å². The van der Waals surface area contributed by atoms with E-state index in [0.29, 0.717) is 28.4 Å². The van der Waals surface area contributed by atoms with Crippen molar-refractivity contribution in [2.75, 3.05) is 30.4 Å². The minimum Gasteiger partial charge on any atom is -0.300 e. The number of carbonyl (C=O) groups is 3. The van der Waals surface area contributed by atoms with E-state index in [1.807, 2.05) is 13.2 Å². The van der Waals surface area contributed by atoms with Gasteiger partial charge in [0.2, 0.25) is 5.91 Å². The molecule has 4 rings (SSSR count). The number of hydrogen-bond donors (Lipinski definition) is 1. The highest BCUT2D eigenvalue weighted by Gasteiger charge is 2.42. The molecule has 1 aromatic heterocycles. The third-order valence-corrected chi connectivity index (χ3v) is 8.10. The number of nitrogens with zero attached hydrogens (tertiary/aromatic N) is 3. The fraction of sp³-hybridized carbons (Fsp3) is 0.500. The molecule has 1 N–H and O–H groups in total. The fourth-order valence-corrected chi connectivity index (χ4v) is 5.81. The zero-order valence-electron chi connectivity index (χ0n) is 19.3. The summed E-state index contributed by atoms with van der Waals surface area (Å²) in [6.45, 7) is 7.25. The van der Waals surface area contributed by atoms with Crippen molar-refractivity contribution in [3.63, 3.8) is 0 Å². The molecule has 0 spiro atoms. The van der Waals surface area contributed by atoms with Gasteiger partial charge in [-0.25, -0.2) is 4.98 Å². The maximum absolute atomic E-state index is 13.3. The van der Waals surface area contributed by atoms with E-state index in [0.717, 1.165) is 41.0 Å². The highest BCUT2D eigenvalue weighted by Crippen LogP contribution is 2.29. The Labute approximate surface area is 202 Å². The van der Waals surface area contributed by atoms with E-state index in [4.69, 9.17) is 0 Å². The van der Waals surface area contributed by atoms with Gasteiger partial charge in [0.1, 0.15) is 6.04 Å². The molecule has 1 aromatic carbocycles. The molecule has 2 aliphatic rings. The molecule has 2 aliphatic heterocycles. The number of imide groups is 1. The second kappa shape index (κ2) is 10.4. The summed E-state index contributed by atoms with van der Waals surface area (Å²) in [7, 11) is 0. The van der Waals surface area contributed by atoms with E-state index in [9.17, 15) is 14.4 Å². The van der Waals surface area contributed by atoms with E-state index >= 15 is 0 Å². The first-order chi connectivity index (χ1) is 15.9. The molecular weight excluding hydrogens is 456 g/mol. The average molecular weight is 487 g/mol. The number of carbonyl (C=O) groups excluding carboxylic acids is 3. The lowest BCUT2D eigenvalue weighted by Gasteiger charge is -2.29. The van der Waals surface area contributed by atoms with Gasteiger partial charge >= 0.3 is 0 Å². The fourth-order valence-electron chi connectivity index (χ4n) is 4.34. The zero-order chi connectivity index (χ0) is 23.5. The van der Waals surface area contributed by atoms with Gasteiger partial charge in [-0.05, 0) is 69.3 Å². The SMILES string of the molecule is CSCCC(C(=O)Nc1nc(C)c(CN2CCC(C)CC2)s1)N1C(=O)c2ccccc2C1=O. The number of benzene rings is 1. The monoisotopic (exact) mass is 486 g/mol. The molecule has 0 bridgehead atoms. The Balaban J connectivity index is 1.48. The number of likely N-dealkylation sites (tertiary alicyclic amines) is 1. The molecule has 2 aromatic rings. The van der Waals surface area contributed by atoms with Gasteiger partial charge in [0.25, 0.3) is 11.8 Å². The van der Waals surface area contributed by atoms with Crippen LogP contribution in [0.15, 0.2) is 24.3 Å². The number of fused-ring (bicyclic) bond motifs is 1. The summed E-state index contributed by atoms with van der Waals surface area (Å²) in [5, 5.41) is 3.41. The predicted molar refractivity (Wildman–Crippen MR) is 133 cm³/mol. The smallest absolute Gasteiger partial charge is 0.262 e. The number of piperidine rings is 1. The maximum atomic E-state index is 13.3. The Morgan fingerprint density at radius 2 is 1.85 bits per heavy atom. The summed E-state index contributed by atoms with van der Waals surface area (Å²) in [6, 6.07) is 5.86. The number of anilines is 1. The van der Waals surface area contributed by atoms with E-state index in [2.05, 4.69) is 22.1 Å². The van der Waals surface area contributed by atoms with Crippen LogP contribution in [0.25, 0.3) is 0 Å². The van der Waals surface area contributed by atoms with Crippen LogP contribution in [0.3, 0.4) is 0 Å². The highest BCUT2D eigenvalue weighted by molar-refractivity contribution is 7.98. The van der Waals surface area contributed by atoms with Crippen molar-refractivity contribution in [3.05, 3.63) is 46.0 Å². The Morgan fingerprint density at radius 3 is 2.45 bits per heavy atom. The van der Waals surface area contributed by atoms with Crippen molar-refractivity contribution in [2.45, 2.75) is 45.7 Å². The number of nitrogens with one attached hydrogen (secondary N) is 1. The quantitative estimate of drug-likeness (QED) is 0.567. The lowest BCUT2D eigenvalue weighted by molar-refractivity contribution is -0.120. The lowest BCUT2D eigenvalue weighted by atomic mass is 9.99. The number of thiazole rings is 1. The molecule has 9 heteroatoms. The molecule has 0 aliphatic carbocycles. The van der Waals surface area contributed by atoms with Crippen molar-refractivity contribution in [1.82, 2.24) is 14.8 Å². The Bertz CT molecular complexity index is 1010. The van der Waals surface area contributed by atoms with Gasteiger partial charge in [-0.3, -0.25) is 24.2 Å². The molecule has 176 valence electrons.